The van der Waals surface area contributed by atoms with Crippen LogP contribution in [0.15, 0.2) is 0 Å². The van der Waals surface area contributed by atoms with Gasteiger partial charge in [0.2, 0.25) is 0 Å². The van der Waals surface area contributed by atoms with Crippen LogP contribution in [0.3, 0.4) is 0 Å². The molecule has 0 radical (unpaired) electrons. The molecule has 0 amide bonds. The van der Waals surface area contributed by atoms with E-state index in [0.29, 0.717) is 24.1 Å². The molecule has 10 nitrogen and oxygen atoms in total. The zero-order valence-corrected chi connectivity index (χ0v) is 59.8. The molecule has 5 N–H and O–H groups in total. The van der Waals surface area contributed by atoms with Gasteiger partial charge in [-0.15, -0.1) is 0 Å². The maximum absolute atomic E-state index is 12.1. The maximum Gasteiger partial charge on any atom is 0.129 e. The van der Waals surface area contributed by atoms with Crippen molar-refractivity contribution in [1.29, 1.82) is 0 Å². The molecule has 1 aliphatic rings. The molecular weight excluding hydrogens is 1050 g/mol. The van der Waals surface area contributed by atoms with Gasteiger partial charge in [0, 0.05) is 0 Å². The van der Waals surface area contributed by atoms with Gasteiger partial charge in [0.05, 0.1) is 35.2 Å². The lowest BCUT2D eigenvalue weighted by molar-refractivity contribution is -1.03. The van der Waals surface area contributed by atoms with Crippen LogP contribution in [-0.4, -0.2) is 212 Å². The molecule has 85 heavy (non-hydrogen) atoms. The Labute approximate surface area is 533 Å². The summed E-state index contributed by atoms with van der Waals surface area (Å²) >= 11 is 0. The fraction of sp³-hybridized carbons (Fsp3) is 1.00. The van der Waals surface area contributed by atoms with E-state index in [1.54, 1.807) is 0 Å². The lowest BCUT2D eigenvalue weighted by atomic mass is 10.0. The van der Waals surface area contributed by atoms with Crippen molar-refractivity contribution >= 4 is 0 Å². The van der Waals surface area contributed by atoms with E-state index in [4.69, 9.17) is 0 Å². The summed E-state index contributed by atoms with van der Waals surface area (Å²) in [5.41, 5.74) is 0. The number of piperazine rings is 1. The third kappa shape index (κ3) is 46.3. The van der Waals surface area contributed by atoms with Crippen LogP contribution in [0.4, 0.5) is 0 Å². The highest BCUT2D eigenvalue weighted by Crippen LogP contribution is 2.24. The monoisotopic (exact) mass is 1210 g/mol. The highest BCUT2D eigenvalue weighted by atomic mass is 16.3. The van der Waals surface area contributed by atoms with E-state index in [0.717, 1.165) is 161 Å². The van der Waals surface area contributed by atoms with Crippen LogP contribution in [0.25, 0.3) is 0 Å². The Kier molecular flexibility index (Phi) is 50.7. The van der Waals surface area contributed by atoms with Gasteiger partial charge in [-0.2, -0.15) is 0 Å². The normalized spacial score (nSPS) is 20.6. The van der Waals surface area contributed by atoms with Crippen LogP contribution in [0.2, 0.25) is 0 Å². The minimum Gasteiger partial charge on any atom is -0.387 e. The first-order valence-corrected chi connectivity index (χ1v) is 38.4. The SMILES string of the molecule is CCCCCCCCCCC(O)C[N+]1(C)CC[N+](C)(CC[N+](C)(CC[N+](C)(CC[N+](C)(CC(O)CCCCCCCCCC)CC(O)CCCCCCCCCC)CC(O)CCCCCCCCCC)CC(O)CCCCCCCCCC)CC1. The average molecular weight is 1210 g/mol. The smallest absolute Gasteiger partial charge is 0.129 e. The van der Waals surface area contributed by atoms with E-state index in [1.807, 2.05) is 0 Å². The molecule has 0 aromatic heterocycles. The van der Waals surface area contributed by atoms with Crippen LogP contribution >= 0.6 is 0 Å². The Bertz CT molecular complexity index is 1420. The second-order valence-electron chi connectivity index (χ2n) is 30.8. The standard InChI is InChI=1S/C75H160N5O5/c1-11-16-21-26-31-36-41-46-51-71(81)66-77(7)59-56-76(6,57-60-77)58-61-78(8,67-72(82)52-47-42-37-32-27-22-17-12-2)62-63-79(9,68-73(83)53-48-43-38-33-28-23-18-13-3)64-65-80(10,69-74(84)54-49-44-39-34-29-24-19-14-4)70-75(85)55-50-45-40-35-30-25-20-15-5/h71-75,81-85H,11-70H2,1-10H3/q+5. The quantitative estimate of drug-likeness (QED) is 0.0309. The zero-order valence-electron chi connectivity index (χ0n) is 59.8. The van der Waals surface area contributed by atoms with Crippen LogP contribution in [0.1, 0.15) is 324 Å². The fourth-order valence-corrected chi connectivity index (χ4v) is 14.5. The number of hydrogen-bond donors (Lipinski definition) is 5. The Morgan fingerprint density at radius 3 is 0.729 bits per heavy atom. The Balaban J connectivity index is 3.40. The third-order valence-corrected chi connectivity index (χ3v) is 21.1. The highest BCUT2D eigenvalue weighted by molar-refractivity contribution is 4.66. The van der Waals surface area contributed by atoms with Crippen molar-refractivity contribution in [2.75, 3.05) is 133 Å². The molecule has 1 fully saturated rings. The fourth-order valence-electron chi connectivity index (χ4n) is 14.5. The number of quaternary nitrogens is 5. The molecule has 1 heterocycles. The molecule has 0 aromatic carbocycles. The molecule has 0 aromatic rings. The summed E-state index contributed by atoms with van der Waals surface area (Å²) in [4.78, 5) is 0. The largest absolute Gasteiger partial charge is 0.387 e. The van der Waals surface area contributed by atoms with Crippen molar-refractivity contribution in [3.63, 3.8) is 0 Å². The van der Waals surface area contributed by atoms with Crippen molar-refractivity contribution in [3.05, 3.63) is 0 Å². The maximum atomic E-state index is 12.1. The van der Waals surface area contributed by atoms with Crippen molar-refractivity contribution in [2.24, 2.45) is 0 Å². The molecule has 1 saturated heterocycles. The molecule has 510 valence electrons. The first-order chi connectivity index (χ1) is 40.8. The van der Waals surface area contributed by atoms with Crippen LogP contribution in [0.5, 0.6) is 0 Å². The molecule has 7 atom stereocenters. The van der Waals surface area contributed by atoms with E-state index >= 15 is 0 Å². The summed E-state index contributed by atoms with van der Waals surface area (Å²) < 4.78 is 4.27. The van der Waals surface area contributed by atoms with Gasteiger partial charge in [-0.1, -0.05) is 291 Å². The molecule has 0 bridgehead atoms. The van der Waals surface area contributed by atoms with Crippen LogP contribution in [-0.2, 0) is 0 Å². The minimum atomic E-state index is -0.394. The van der Waals surface area contributed by atoms with Gasteiger partial charge in [-0.3, -0.25) is 0 Å². The van der Waals surface area contributed by atoms with Crippen LogP contribution in [0, 0.1) is 0 Å². The van der Waals surface area contributed by atoms with Gasteiger partial charge in [-0.05, 0) is 32.1 Å². The summed E-state index contributed by atoms with van der Waals surface area (Å²) in [7, 11) is 12.1. The van der Waals surface area contributed by atoms with E-state index < -0.39 is 12.2 Å². The molecule has 10 heteroatoms. The van der Waals surface area contributed by atoms with Crippen molar-refractivity contribution < 1.29 is 47.9 Å². The number of aliphatic hydroxyl groups is 5. The van der Waals surface area contributed by atoms with Gasteiger partial charge in [-0.25, -0.2) is 0 Å². The number of unbranched alkanes of at least 4 members (excludes halogenated alkanes) is 35. The number of hydrogen-bond acceptors (Lipinski definition) is 5. The molecule has 7 unspecified atom stereocenters. The predicted octanol–water partition coefficient (Wildman–Crippen LogP) is 16.7. The zero-order chi connectivity index (χ0) is 62.8. The second-order valence-corrected chi connectivity index (χ2v) is 30.8. The lowest BCUT2D eigenvalue weighted by Crippen LogP contribution is -2.67. The second kappa shape index (κ2) is 52.1. The molecule has 0 aliphatic carbocycles. The number of aliphatic hydroxyl groups excluding tert-OH is 5. The van der Waals surface area contributed by atoms with E-state index in [2.05, 4.69) is 69.9 Å². The molecule has 0 spiro atoms. The topological polar surface area (TPSA) is 101 Å². The summed E-state index contributed by atoms with van der Waals surface area (Å²) in [6.45, 7) is 25.2. The van der Waals surface area contributed by atoms with E-state index in [9.17, 15) is 25.5 Å². The van der Waals surface area contributed by atoms with E-state index in [1.165, 1.54) is 225 Å². The Morgan fingerprint density at radius 2 is 0.459 bits per heavy atom. The Morgan fingerprint density at radius 1 is 0.259 bits per heavy atom. The van der Waals surface area contributed by atoms with Crippen molar-refractivity contribution in [3.8, 4) is 0 Å². The lowest BCUT2D eigenvalue weighted by Gasteiger charge is -2.48. The van der Waals surface area contributed by atoms with Gasteiger partial charge < -0.3 is 47.9 Å². The van der Waals surface area contributed by atoms with Crippen molar-refractivity contribution in [2.45, 2.75) is 354 Å². The molecule has 1 aliphatic heterocycles. The predicted molar refractivity (Wildman–Crippen MR) is 370 cm³/mol. The summed E-state index contributed by atoms with van der Waals surface area (Å²) in [5.74, 6) is 0. The summed E-state index contributed by atoms with van der Waals surface area (Å²) in [6.07, 6.45) is 53.5. The third-order valence-electron chi connectivity index (χ3n) is 21.1. The average Bonchev–Trinajstić information content (AvgIpc) is 3.47. The number of likely N-dealkylation sites (N-methyl/N-ethyl adjacent to an activating group) is 5. The summed E-state index contributed by atoms with van der Waals surface area (Å²) in [5, 5.41) is 59.1. The van der Waals surface area contributed by atoms with E-state index in [-0.39, 0.29) is 18.3 Å². The van der Waals surface area contributed by atoms with Crippen LogP contribution < -0.4 is 0 Å². The summed E-state index contributed by atoms with van der Waals surface area (Å²) in [6, 6.07) is 0. The van der Waals surface area contributed by atoms with Crippen molar-refractivity contribution in [1.82, 2.24) is 0 Å². The first-order valence-electron chi connectivity index (χ1n) is 38.4. The van der Waals surface area contributed by atoms with Gasteiger partial charge in [0.25, 0.3) is 0 Å². The Hall–Kier alpha value is -0.400. The number of rotatable bonds is 64. The molecular formula is C75H160N5O5+5. The molecule has 1 rings (SSSR count). The number of nitrogens with zero attached hydrogens (tertiary/aromatic N) is 5. The first kappa shape index (κ1) is 82.6. The van der Waals surface area contributed by atoms with Gasteiger partial charge >= 0.3 is 0 Å². The minimum absolute atomic E-state index is 0.220. The molecule has 0 saturated carbocycles. The van der Waals surface area contributed by atoms with Gasteiger partial charge in [0.15, 0.2) is 0 Å². The highest BCUT2D eigenvalue weighted by Gasteiger charge is 2.42. The van der Waals surface area contributed by atoms with Gasteiger partial charge in [0.1, 0.15) is 129 Å².